The average molecular weight is 409 g/mol. The zero-order valence-electron chi connectivity index (χ0n) is 14.0. The van der Waals surface area contributed by atoms with Crippen LogP contribution in [0.1, 0.15) is 5.56 Å². The van der Waals surface area contributed by atoms with E-state index in [1.807, 2.05) is 25.1 Å². The first kappa shape index (κ1) is 19.1. The van der Waals surface area contributed by atoms with Gasteiger partial charge in [-0.05, 0) is 55.0 Å². The van der Waals surface area contributed by atoms with Crippen LogP contribution in [0.25, 0.3) is 0 Å². The van der Waals surface area contributed by atoms with E-state index in [0.29, 0.717) is 5.69 Å². The van der Waals surface area contributed by atoms with Crippen LogP contribution in [0.5, 0.6) is 0 Å². The van der Waals surface area contributed by atoms with Crippen molar-refractivity contribution in [3.05, 3.63) is 58.3 Å². The van der Waals surface area contributed by atoms with Gasteiger partial charge in [-0.25, -0.2) is 4.39 Å². The third-order valence-corrected chi connectivity index (χ3v) is 4.01. The molecule has 1 unspecified atom stereocenters. The molecule has 2 amide bonds. The van der Waals surface area contributed by atoms with E-state index < -0.39 is 0 Å². The number of amides is 2. The van der Waals surface area contributed by atoms with Crippen LogP contribution >= 0.6 is 15.9 Å². The van der Waals surface area contributed by atoms with Crippen molar-refractivity contribution in [2.24, 2.45) is 0 Å². The van der Waals surface area contributed by atoms with Crippen LogP contribution in [0.3, 0.4) is 0 Å². The maximum atomic E-state index is 12.8. The van der Waals surface area contributed by atoms with Gasteiger partial charge in [0.1, 0.15) is 5.82 Å². The van der Waals surface area contributed by atoms with Gasteiger partial charge in [0.15, 0.2) is 13.1 Å². The Balaban J connectivity index is 1.82. The third-order valence-electron chi connectivity index (χ3n) is 3.52. The first-order chi connectivity index (χ1) is 11.8. The van der Waals surface area contributed by atoms with E-state index >= 15 is 0 Å². The minimum atomic E-state index is -0.361. The van der Waals surface area contributed by atoms with Gasteiger partial charge >= 0.3 is 0 Å². The number of carbonyl (C=O) groups excluding carboxylic acids is 2. The molecule has 0 spiro atoms. The summed E-state index contributed by atoms with van der Waals surface area (Å²) >= 11 is 3.38. The number of nitrogens with one attached hydrogen (secondary N) is 3. The molecule has 25 heavy (non-hydrogen) atoms. The summed E-state index contributed by atoms with van der Waals surface area (Å²) in [6.07, 6.45) is 0. The molecule has 2 aromatic carbocycles. The Bertz CT molecular complexity index is 765. The number of benzene rings is 2. The van der Waals surface area contributed by atoms with Crippen molar-refractivity contribution in [2.45, 2.75) is 6.92 Å². The molecule has 0 aliphatic heterocycles. The minimum absolute atomic E-state index is 0.129. The molecular formula is C18H20BrFN3O2+. The molecular weight excluding hydrogens is 389 g/mol. The number of anilines is 2. The van der Waals surface area contributed by atoms with E-state index in [1.165, 1.54) is 24.3 Å². The van der Waals surface area contributed by atoms with E-state index in [2.05, 4.69) is 26.6 Å². The summed E-state index contributed by atoms with van der Waals surface area (Å²) in [4.78, 5) is 24.8. The Labute approximate surface area is 154 Å². The smallest absolute Gasteiger partial charge is 0.279 e. The maximum absolute atomic E-state index is 12.8. The summed E-state index contributed by atoms with van der Waals surface area (Å²) in [5.74, 6) is -0.769. The van der Waals surface area contributed by atoms with Crippen LogP contribution in [0.4, 0.5) is 15.8 Å². The van der Waals surface area contributed by atoms with Gasteiger partial charge in [0.25, 0.3) is 11.8 Å². The minimum Gasteiger partial charge on any atom is -0.322 e. The first-order valence-corrected chi connectivity index (χ1v) is 8.55. The van der Waals surface area contributed by atoms with E-state index in [4.69, 9.17) is 0 Å². The first-order valence-electron chi connectivity index (χ1n) is 7.76. The van der Waals surface area contributed by atoms with E-state index in [0.717, 1.165) is 20.6 Å². The second-order valence-electron chi connectivity index (χ2n) is 5.87. The topological polar surface area (TPSA) is 62.6 Å². The van der Waals surface area contributed by atoms with E-state index in [9.17, 15) is 14.0 Å². The molecule has 0 aromatic heterocycles. The lowest BCUT2D eigenvalue weighted by Crippen LogP contribution is -3.11. The molecule has 132 valence electrons. The van der Waals surface area contributed by atoms with Crippen LogP contribution in [-0.2, 0) is 9.59 Å². The van der Waals surface area contributed by atoms with Gasteiger partial charge in [-0.2, -0.15) is 0 Å². The molecule has 0 fully saturated rings. The van der Waals surface area contributed by atoms with E-state index in [-0.39, 0.29) is 30.7 Å². The number of hydrogen-bond acceptors (Lipinski definition) is 2. The lowest BCUT2D eigenvalue weighted by molar-refractivity contribution is -0.862. The number of halogens is 2. The molecule has 1 atom stereocenters. The number of carbonyl (C=O) groups is 2. The number of quaternary nitrogens is 1. The Morgan fingerprint density at radius 3 is 2.24 bits per heavy atom. The Hall–Kier alpha value is -2.25. The highest BCUT2D eigenvalue weighted by Gasteiger charge is 2.15. The lowest BCUT2D eigenvalue weighted by Gasteiger charge is -2.14. The zero-order valence-corrected chi connectivity index (χ0v) is 15.6. The molecule has 2 aromatic rings. The third kappa shape index (κ3) is 6.28. The fourth-order valence-electron chi connectivity index (χ4n) is 2.31. The number of hydrogen-bond donors (Lipinski definition) is 3. The monoisotopic (exact) mass is 408 g/mol. The standard InChI is InChI=1S/C18H19BrFN3O2/c1-12-9-13(19)3-8-16(12)22-18(25)11-23(2)10-17(24)21-15-6-4-14(20)5-7-15/h3-9H,10-11H2,1-2H3,(H,21,24)(H,22,25)/p+1. The van der Waals surface area contributed by atoms with Gasteiger partial charge in [-0.1, -0.05) is 15.9 Å². The van der Waals surface area contributed by atoms with Gasteiger partial charge in [-0.15, -0.1) is 0 Å². The lowest BCUT2D eigenvalue weighted by atomic mass is 10.2. The number of rotatable bonds is 6. The maximum Gasteiger partial charge on any atom is 0.279 e. The summed E-state index contributed by atoms with van der Waals surface area (Å²) in [7, 11) is 1.76. The van der Waals surface area contributed by atoms with Crippen LogP contribution in [0, 0.1) is 12.7 Å². The highest BCUT2D eigenvalue weighted by Crippen LogP contribution is 2.19. The second kappa shape index (κ2) is 8.73. The van der Waals surface area contributed by atoms with Gasteiger partial charge in [0, 0.05) is 15.8 Å². The molecule has 0 heterocycles. The average Bonchev–Trinajstić information content (AvgIpc) is 2.52. The molecule has 0 aliphatic carbocycles. The summed E-state index contributed by atoms with van der Waals surface area (Å²) < 4.78 is 13.8. The van der Waals surface area contributed by atoms with Crippen molar-refractivity contribution in [3.63, 3.8) is 0 Å². The van der Waals surface area contributed by atoms with Crippen molar-refractivity contribution in [1.29, 1.82) is 0 Å². The molecule has 0 saturated heterocycles. The number of aryl methyl sites for hydroxylation is 1. The summed E-state index contributed by atoms with van der Waals surface area (Å²) in [5, 5.41) is 5.52. The highest BCUT2D eigenvalue weighted by molar-refractivity contribution is 9.10. The molecule has 7 heteroatoms. The van der Waals surface area contributed by atoms with Gasteiger partial charge < -0.3 is 15.5 Å². The number of likely N-dealkylation sites (N-methyl/N-ethyl adjacent to an activating group) is 1. The highest BCUT2D eigenvalue weighted by atomic mass is 79.9. The zero-order chi connectivity index (χ0) is 18.4. The molecule has 0 bridgehead atoms. The van der Waals surface area contributed by atoms with Crippen LogP contribution in [0.15, 0.2) is 46.9 Å². The van der Waals surface area contributed by atoms with Crippen LogP contribution < -0.4 is 15.5 Å². The van der Waals surface area contributed by atoms with Crippen LogP contribution in [-0.4, -0.2) is 32.0 Å². The van der Waals surface area contributed by atoms with Crippen molar-refractivity contribution >= 4 is 39.1 Å². The van der Waals surface area contributed by atoms with Gasteiger partial charge in [-0.3, -0.25) is 9.59 Å². The molecule has 5 nitrogen and oxygen atoms in total. The Kier molecular flexibility index (Phi) is 6.66. The Morgan fingerprint density at radius 1 is 1.04 bits per heavy atom. The second-order valence-corrected chi connectivity index (χ2v) is 6.79. The molecule has 0 aliphatic rings. The molecule has 3 N–H and O–H groups in total. The summed E-state index contributed by atoms with van der Waals surface area (Å²) in [6.45, 7) is 2.20. The van der Waals surface area contributed by atoms with Crippen molar-refractivity contribution in [1.82, 2.24) is 0 Å². The van der Waals surface area contributed by atoms with E-state index in [1.54, 1.807) is 7.05 Å². The fourth-order valence-corrected chi connectivity index (χ4v) is 2.79. The largest absolute Gasteiger partial charge is 0.322 e. The quantitative estimate of drug-likeness (QED) is 0.684. The summed E-state index contributed by atoms with van der Waals surface area (Å²) in [5.41, 5.74) is 2.22. The summed E-state index contributed by atoms with van der Waals surface area (Å²) in [6, 6.07) is 11.1. The SMILES string of the molecule is Cc1cc(Br)ccc1NC(=O)C[NH+](C)CC(=O)Nc1ccc(F)cc1. The van der Waals surface area contributed by atoms with Crippen molar-refractivity contribution in [2.75, 3.05) is 30.8 Å². The predicted molar refractivity (Wildman–Crippen MR) is 99.2 cm³/mol. The van der Waals surface area contributed by atoms with Gasteiger partial charge in [0.05, 0.1) is 7.05 Å². The predicted octanol–water partition coefficient (Wildman–Crippen LogP) is 1.99. The fraction of sp³-hybridized carbons (Fsp3) is 0.222. The van der Waals surface area contributed by atoms with Crippen LogP contribution in [0.2, 0.25) is 0 Å². The van der Waals surface area contributed by atoms with Crippen molar-refractivity contribution in [3.8, 4) is 0 Å². The van der Waals surface area contributed by atoms with Gasteiger partial charge in [0.2, 0.25) is 0 Å². The normalized spacial score (nSPS) is 11.7. The molecule has 0 radical (unpaired) electrons. The van der Waals surface area contributed by atoms with Crippen molar-refractivity contribution < 1.29 is 18.9 Å². The molecule has 2 rings (SSSR count). The molecule has 0 saturated carbocycles. The Morgan fingerprint density at radius 2 is 1.64 bits per heavy atom.